The van der Waals surface area contributed by atoms with Crippen molar-refractivity contribution >= 4 is 16.9 Å². The van der Waals surface area contributed by atoms with Crippen molar-refractivity contribution in [2.45, 2.75) is 33.2 Å². The van der Waals surface area contributed by atoms with Crippen molar-refractivity contribution in [2.24, 2.45) is 0 Å². The molecule has 0 bridgehead atoms. The third-order valence-corrected chi connectivity index (χ3v) is 1.91. The second-order valence-electron chi connectivity index (χ2n) is 4.63. The summed E-state index contributed by atoms with van der Waals surface area (Å²) < 4.78 is 0. The van der Waals surface area contributed by atoms with Crippen LogP contribution < -0.4 is 5.32 Å². The van der Waals surface area contributed by atoms with Crippen LogP contribution in [-0.4, -0.2) is 25.7 Å². The van der Waals surface area contributed by atoms with Crippen molar-refractivity contribution in [1.82, 2.24) is 20.2 Å². The Hall–Kier alpha value is -1.65. The number of hydrogen-bond acceptors (Lipinski definition) is 4. The molecule has 2 aromatic heterocycles. The van der Waals surface area contributed by atoms with Gasteiger partial charge in [-0.3, -0.25) is 5.10 Å². The van der Waals surface area contributed by atoms with E-state index in [-0.39, 0.29) is 5.54 Å². The number of fused-ring (bicyclic) bond motifs is 1. The average Bonchev–Trinajstić information content (AvgIpc) is 2.48. The third kappa shape index (κ3) is 2.06. The lowest BCUT2D eigenvalue weighted by molar-refractivity contribution is 0.631. The van der Waals surface area contributed by atoms with Gasteiger partial charge in [0, 0.05) is 5.54 Å². The molecule has 0 amide bonds. The van der Waals surface area contributed by atoms with Crippen molar-refractivity contribution in [1.29, 1.82) is 0 Å². The van der Waals surface area contributed by atoms with Gasteiger partial charge in [0.15, 0.2) is 5.65 Å². The Morgan fingerprint density at radius 2 is 2.00 bits per heavy atom. The van der Waals surface area contributed by atoms with Gasteiger partial charge < -0.3 is 5.32 Å². The lowest BCUT2D eigenvalue weighted by atomic mass is 10.1. The maximum atomic E-state index is 4.38. The zero-order chi connectivity index (χ0) is 11.1. The number of anilines is 1. The minimum atomic E-state index is -0.0228. The van der Waals surface area contributed by atoms with E-state index in [1.54, 1.807) is 6.20 Å². The molecule has 0 aliphatic carbocycles. The molecule has 0 atom stereocenters. The zero-order valence-corrected chi connectivity index (χ0v) is 9.42. The van der Waals surface area contributed by atoms with Gasteiger partial charge in [0.1, 0.15) is 11.6 Å². The maximum absolute atomic E-state index is 4.38. The molecule has 80 valence electrons. The first-order valence-corrected chi connectivity index (χ1v) is 4.91. The predicted molar refractivity (Wildman–Crippen MR) is 59.8 cm³/mol. The molecular weight excluding hydrogens is 190 g/mol. The summed E-state index contributed by atoms with van der Waals surface area (Å²) in [6, 6.07) is 0. The SMILES string of the molecule is Cc1nc(NC(C)(C)C)c2cn[nH]c2n1. The Kier molecular flexibility index (Phi) is 2.10. The molecular formula is C10H15N5. The van der Waals surface area contributed by atoms with Gasteiger partial charge in [-0.1, -0.05) is 0 Å². The van der Waals surface area contributed by atoms with Crippen molar-refractivity contribution < 1.29 is 0 Å². The van der Waals surface area contributed by atoms with Gasteiger partial charge >= 0.3 is 0 Å². The summed E-state index contributed by atoms with van der Waals surface area (Å²) in [5.41, 5.74) is 0.750. The number of nitrogens with one attached hydrogen (secondary N) is 2. The summed E-state index contributed by atoms with van der Waals surface area (Å²) in [6.07, 6.45) is 1.74. The molecule has 2 aromatic rings. The van der Waals surface area contributed by atoms with Crippen LogP contribution in [0.2, 0.25) is 0 Å². The van der Waals surface area contributed by atoms with E-state index in [4.69, 9.17) is 0 Å². The van der Waals surface area contributed by atoms with E-state index in [1.165, 1.54) is 0 Å². The van der Waals surface area contributed by atoms with Crippen LogP contribution >= 0.6 is 0 Å². The molecule has 0 aromatic carbocycles. The topological polar surface area (TPSA) is 66.5 Å². The van der Waals surface area contributed by atoms with Crippen LogP contribution in [0.4, 0.5) is 5.82 Å². The van der Waals surface area contributed by atoms with E-state index >= 15 is 0 Å². The minimum Gasteiger partial charge on any atom is -0.365 e. The van der Waals surface area contributed by atoms with Crippen LogP contribution in [0.1, 0.15) is 26.6 Å². The van der Waals surface area contributed by atoms with Crippen molar-refractivity contribution in [3.05, 3.63) is 12.0 Å². The molecule has 0 radical (unpaired) electrons. The van der Waals surface area contributed by atoms with Crippen LogP contribution in [0.25, 0.3) is 11.0 Å². The second kappa shape index (κ2) is 3.18. The normalized spacial score (nSPS) is 12.0. The van der Waals surface area contributed by atoms with Crippen LogP contribution in [0.15, 0.2) is 6.20 Å². The molecule has 5 heteroatoms. The summed E-state index contributed by atoms with van der Waals surface area (Å²) in [6.45, 7) is 8.15. The first-order chi connectivity index (χ1) is 6.96. The average molecular weight is 205 g/mol. The Balaban J connectivity index is 2.53. The van der Waals surface area contributed by atoms with Gasteiger partial charge in [-0.15, -0.1) is 0 Å². The van der Waals surface area contributed by atoms with E-state index in [0.29, 0.717) is 0 Å². The molecule has 0 spiro atoms. The Bertz CT molecular complexity index is 480. The summed E-state index contributed by atoms with van der Waals surface area (Å²) in [5, 5.41) is 11.1. The fraction of sp³-hybridized carbons (Fsp3) is 0.500. The number of aryl methyl sites for hydroxylation is 1. The highest BCUT2D eigenvalue weighted by molar-refractivity contribution is 5.86. The molecule has 15 heavy (non-hydrogen) atoms. The summed E-state index contributed by atoms with van der Waals surface area (Å²) in [7, 11) is 0. The zero-order valence-electron chi connectivity index (χ0n) is 9.42. The van der Waals surface area contributed by atoms with Gasteiger partial charge in [0.2, 0.25) is 0 Å². The largest absolute Gasteiger partial charge is 0.365 e. The van der Waals surface area contributed by atoms with Crippen molar-refractivity contribution in [2.75, 3.05) is 5.32 Å². The van der Waals surface area contributed by atoms with E-state index in [2.05, 4.69) is 46.3 Å². The molecule has 0 saturated carbocycles. The van der Waals surface area contributed by atoms with Gasteiger partial charge in [-0.25, -0.2) is 9.97 Å². The number of hydrogen-bond donors (Lipinski definition) is 2. The molecule has 2 N–H and O–H groups in total. The van der Waals surface area contributed by atoms with Gasteiger partial charge in [-0.05, 0) is 27.7 Å². The lowest BCUT2D eigenvalue weighted by Crippen LogP contribution is -2.27. The van der Waals surface area contributed by atoms with Crippen molar-refractivity contribution in [3.63, 3.8) is 0 Å². The summed E-state index contributed by atoms with van der Waals surface area (Å²) in [5.74, 6) is 1.57. The molecule has 0 saturated heterocycles. The van der Waals surface area contributed by atoms with Crippen LogP contribution in [0.3, 0.4) is 0 Å². The first kappa shape index (κ1) is 9.89. The molecule has 5 nitrogen and oxygen atoms in total. The van der Waals surface area contributed by atoms with E-state index < -0.39 is 0 Å². The van der Waals surface area contributed by atoms with Crippen molar-refractivity contribution in [3.8, 4) is 0 Å². The van der Waals surface area contributed by atoms with E-state index in [1.807, 2.05) is 6.92 Å². The van der Waals surface area contributed by atoms with Crippen LogP contribution in [0, 0.1) is 6.92 Å². The molecule has 2 rings (SSSR count). The van der Waals surface area contributed by atoms with E-state index in [9.17, 15) is 0 Å². The fourth-order valence-electron chi connectivity index (χ4n) is 1.40. The minimum absolute atomic E-state index is 0.0228. The predicted octanol–water partition coefficient (Wildman–Crippen LogP) is 1.87. The molecule has 0 fully saturated rings. The van der Waals surface area contributed by atoms with E-state index in [0.717, 1.165) is 22.7 Å². The quantitative estimate of drug-likeness (QED) is 0.745. The highest BCUT2D eigenvalue weighted by Gasteiger charge is 2.14. The standard InChI is InChI=1S/C10H15N5/c1-6-12-8(14-10(2,3)4)7-5-11-15-9(7)13-6/h5H,1-4H3,(H2,11,12,13,14,15). The van der Waals surface area contributed by atoms with Gasteiger partial charge in [-0.2, -0.15) is 5.10 Å². The number of aromatic amines is 1. The number of nitrogens with zero attached hydrogens (tertiary/aromatic N) is 3. The molecule has 0 aliphatic heterocycles. The molecule has 2 heterocycles. The second-order valence-corrected chi connectivity index (χ2v) is 4.63. The number of aromatic nitrogens is 4. The van der Waals surface area contributed by atoms with Gasteiger partial charge in [0.25, 0.3) is 0 Å². The van der Waals surface area contributed by atoms with Crippen LogP contribution in [-0.2, 0) is 0 Å². The number of rotatable bonds is 1. The molecule has 0 aliphatic rings. The Labute approximate surface area is 88.3 Å². The van der Waals surface area contributed by atoms with Gasteiger partial charge in [0.05, 0.1) is 11.6 Å². The number of H-pyrrole nitrogens is 1. The fourth-order valence-corrected chi connectivity index (χ4v) is 1.40. The third-order valence-electron chi connectivity index (χ3n) is 1.91. The molecule has 0 unspecified atom stereocenters. The van der Waals surface area contributed by atoms with Crippen LogP contribution in [0.5, 0.6) is 0 Å². The monoisotopic (exact) mass is 205 g/mol. The Morgan fingerprint density at radius 3 is 2.67 bits per heavy atom. The highest BCUT2D eigenvalue weighted by Crippen LogP contribution is 2.21. The summed E-state index contributed by atoms with van der Waals surface area (Å²) in [4.78, 5) is 8.63. The lowest BCUT2D eigenvalue weighted by Gasteiger charge is -2.21. The smallest absolute Gasteiger partial charge is 0.161 e. The maximum Gasteiger partial charge on any atom is 0.161 e. The highest BCUT2D eigenvalue weighted by atomic mass is 15.2. The first-order valence-electron chi connectivity index (χ1n) is 4.91. The summed E-state index contributed by atoms with van der Waals surface area (Å²) >= 11 is 0. The Morgan fingerprint density at radius 1 is 1.27 bits per heavy atom.